The van der Waals surface area contributed by atoms with Gasteiger partial charge in [-0.05, 0) is 6.42 Å². The summed E-state index contributed by atoms with van der Waals surface area (Å²) in [6.07, 6.45) is 1.13. The number of hydrogen-bond donors (Lipinski definition) is 3. The van der Waals surface area contributed by atoms with E-state index in [0.29, 0.717) is 17.7 Å². The summed E-state index contributed by atoms with van der Waals surface area (Å²) >= 11 is 18.9. The highest BCUT2D eigenvalue weighted by Gasteiger charge is 2.27. The van der Waals surface area contributed by atoms with E-state index >= 15 is 0 Å². The summed E-state index contributed by atoms with van der Waals surface area (Å²) in [7, 11) is 0. The molecule has 0 spiro atoms. The van der Waals surface area contributed by atoms with Crippen LogP contribution in [0.2, 0.25) is 0 Å². The van der Waals surface area contributed by atoms with Crippen LogP contribution < -0.4 is 0 Å². The van der Waals surface area contributed by atoms with Gasteiger partial charge in [0.25, 0.3) is 0 Å². The molecule has 0 aromatic heterocycles. The van der Waals surface area contributed by atoms with Crippen LogP contribution in [0.4, 0.5) is 0 Å². The van der Waals surface area contributed by atoms with Gasteiger partial charge in [0.05, 0.1) is 12.4 Å². The van der Waals surface area contributed by atoms with Crippen molar-refractivity contribution in [3.8, 4) is 0 Å². The smallest absolute Gasteiger partial charge is 0.0958 e. The van der Waals surface area contributed by atoms with Crippen molar-refractivity contribution >= 4 is 73.2 Å². The molecule has 1 rings (SSSR count). The lowest BCUT2D eigenvalue weighted by Gasteiger charge is -2.29. The molecule has 1 aliphatic rings. The lowest BCUT2D eigenvalue weighted by atomic mass is 10.4. The maximum absolute atomic E-state index is 4.44. The Morgan fingerprint density at radius 3 is 2.08 bits per heavy atom. The van der Waals surface area contributed by atoms with Crippen molar-refractivity contribution in [1.29, 1.82) is 0 Å². The first-order chi connectivity index (χ1) is 5.58. The third kappa shape index (κ3) is 4.55. The zero-order valence-corrected chi connectivity index (χ0v) is 11.7. The Hall–Kier alpha value is 2.10. The molecule has 0 aromatic carbocycles. The largest absolute Gasteiger partial charge is 0.176 e. The number of thiol groups is 3. The Bertz CT molecular complexity index is 125. The second-order valence-corrected chi connectivity index (χ2v) is 10.6. The fourth-order valence-corrected chi connectivity index (χ4v) is 9.29. The van der Waals surface area contributed by atoms with E-state index in [9.17, 15) is 0 Å². The molecule has 72 valence electrons. The van der Waals surface area contributed by atoms with Crippen LogP contribution in [0.5, 0.6) is 0 Å². The first kappa shape index (κ1) is 12.2. The normalized spacial score (nSPS) is 39.5. The highest BCUT2D eigenvalue weighted by atomic mass is 32.3. The zero-order chi connectivity index (χ0) is 9.14. The Balaban J connectivity index is 2.34. The van der Waals surface area contributed by atoms with Gasteiger partial charge in [-0.3, -0.25) is 0 Å². The van der Waals surface area contributed by atoms with E-state index in [0.717, 1.165) is 6.42 Å². The van der Waals surface area contributed by atoms with Gasteiger partial charge >= 0.3 is 0 Å². The van der Waals surface area contributed by atoms with E-state index in [4.69, 9.17) is 0 Å². The Kier molecular flexibility index (Phi) is 5.94. The van der Waals surface area contributed by atoms with Gasteiger partial charge in [0, 0.05) is 5.25 Å². The molecule has 3 unspecified atom stereocenters. The van der Waals surface area contributed by atoms with Crippen molar-refractivity contribution in [3.63, 3.8) is 0 Å². The van der Waals surface area contributed by atoms with Crippen LogP contribution >= 0.6 is 73.2 Å². The van der Waals surface area contributed by atoms with Crippen LogP contribution in [0.15, 0.2) is 0 Å². The van der Waals surface area contributed by atoms with Gasteiger partial charge in [-0.1, -0.05) is 6.92 Å². The third-order valence-corrected chi connectivity index (χ3v) is 6.90. The highest BCUT2D eigenvalue weighted by molar-refractivity contribution is 8.43. The maximum Gasteiger partial charge on any atom is 0.0958 e. The SMILES string of the molecule is CC(S)CC1SC(S)SC(S)S1. The minimum absolute atomic E-state index is 0.380. The van der Waals surface area contributed by atoms with E-state index in [1.807, 2.05) is 23.5 Å². The molecule has 1 heterocycles. The molecule has 0 radical (unpaired) electrons. The summed E-state index contributed by atoms with van der Waals surface area (Å²) < 4.78 is 1.38. The van der Waals surface area contributed by atoms with Gasteiger partial charge in [0.2, 0.25) is 0 Å². The lowest BCUT2D eigenvalue weighted by molar-refractivity contribution is 0.897. The van der Waals surface area contributed by atoms with Gasteiger partial charge in [-0.15, -0.1) is 35.3 Å². The molecule has 6 heteroatoms. The predicted octanol–water partition coefficient (Wildman–Crippen LogP) is 3.66. The van der Waals surface area contributed by atoms with Gasteiger partial charge in [0.15, 0.2) is 0 Å². The summed E-state index contributed by atoms with van der Waals surface area (Å²) in [5.74, 6) is 0. The summed E-state index contributed by atoms with van der Waals surface area (Å²) in [6.45, 7) is 2.13. The van der Waals surface area contributed by atoms with Crippen LogP contribution in [0, 0.1) is 0 Å². The van der Waals surface area contributed by atoms with Crippen LogP contribution in [-0.4, -0.2) is 17.7 Å². The number of thioether (sulfide) groups is 3. The third-order valence-electron chi connectivity index (χ3n) is 1.30. The second-order valence-electron chi connectivity index (χ2n) is 2.54. The van der Waals surface area contributed by atoms with E-state index in [-0.39, 0.29) is 0 Å². The molecule has 0 nitrogen and oxygen atoms in total. The topological polar surface area (TPSA) is 0 Å². The molecule has 1 aliphatic heterocycles. The quantitative estimate of drug-likeness (QED) is 0.659. The van der Waals surface area contributed by atoms with Crippen LogP contribution in [0.25, 0.3) is 0 Å². The molecule has 0 N–H and O–H groups in total. The molecule has 0 aromatic rings. The fraction of sp³-hybridized carbons (Fsp3) is 1.00. The minimum Gasteiger partial charge on any atom is -0.176 e. The Morgan fingerprint density at radius 2 is 1.67 bits per heavy atom. The fourth-order valence-electron chi connectivity index (χ4n) is 0.845. The monoisotopic (exact) mass is 276 g/mol. The standard InChI is InChI=1S/C6H12S6/c1-3(7)2-4-10-5(8)12-6(9)11-4/h3-9H,2H2,1H3. The van der Waals surface area contributed by atoms with Crippen molar-refractivity contribution in [1.82, 2.24) is 0 Å². The van der Waals surface area contributed by atoms with Gasteiger partial charge in [-0.25, -0.2) is 0 Å². The molecule has 12 heavy (non-hydrogen) atoms. The van der Waals surface area contributed by atoms with Crippen LogP contribution in [0.3, 0.4) is 0 Å². The molecule has 0 aliphatic carbocycles. The van der Waals surface area contributed by atoms with E-state index in [1.165, 1.54) is 0 Å². The van der Waals surface area contributed by atoms with Crippen molar-refractivity contribution in [2.75, 3.05) is 0 Å². The maximum atomic E-state index is 4.44. The first-order valence-corrected chi connectivity index (χ1v) is 7.96. The summed E-state index contributed by atoms with van der Waals surface area (Å²) in [5.41, 5.74) is 0. The molecule has 0 amide bonds. The number of hydrogen-bond acceptors (Lipinski definition) is 6. The van der Waals surface area contributed by atoms with Gasteiger partial charge in [0.1, 0.15) is 0 Å². The number of rotatable bonds is 2. The van der Waals surface area contributed by atoms with Gasteiger partial charge in [-0.2, -0.15) is 37.9 Å². The van der Waals surface area contributed by atoms with Crippen LogP contribution in [0.1, 0.15) is 13.3 Å². The summed E-state index contributed by atoms with van der Waals surface area (Å²) in [6, 6.07) is 0. The predicted molar refractivity (Wildman–Crippen MR) is 75.2 cm³/mol. The summed E-state index contributed by atoms with van der Waals surface area (Å²) in [5, 5.41) is 0.471. The van der Waals surface area contributed by atoms with Gasteiger partial charge < -0.3 is 0 Å². The van der Waals surface area contributed by atoms with Crippen molar-refractivity contribution < 1.29 is 0 Å². The Labute approximate surface area is 103 Å². The molecular weight excluding hydrogens is 264 g/mol. The molecule has 1 saturated heterocycles. The molecular formula is C6H12S6. The van der Waals surface area contributed by atoms with Crippen LogP contribution in [-0.2, 0) is 0 Å². The van der Waals surface area contributed by atoms with Crippen molar-refractivity contribution in [2.45, 2.75) is 31.0 Å². The molecule has 0 saturated carbocycles. The average molecular weight is 277 g/mol. The molecule has 0 bridgehead atoms. The highest BCUT2D eigenvalue weighted by Crippen LogP contribution is 2.51. The minimum atomic E-state index is 0.380. The average Bonchev–Trinajstić information content (AvgIpc) is 1.81. The lowest BCUT2D eigenvalue weighted by Crippen LogP contribution is -2.14. The summed E-state index contributed by atoms with van der Waals surface area (Å²) in [4.78, 5) is 0. The van der Waals surface area contributed by atoms with Crippen molar-refractivity contribution in [3.05, 3.63) is 0 Å². The van der Waals surface area contributed by atoms with E-state index in [1.54, 1.807) is 11.8 Å². The molecule has 1 fully saturated rings. The zero-order valence-electron chi connectivity index (χ0n) is 6.58. The first-order valence-electron chi connectivity index (χ1n) is 3.58. The Morgan fingerprint density at radius 1 is 1.17 bits per heavy atom. The second kappa shape index (κ2) is 5.85. The van der Waals surface area contributed by atoms with E-state index < -0.39 is 0 Å². The van der Waals surface area contributed by atoms with Crippen molar-refractivity contribution in [2.24, 2.45) is 0 Å². The molecule has 3 atom stereocenters. The van der Waals surface area contributed by atoms with E-state index in [2.05, 4.69) is 44.8 Å².